The molecule has 0 bridgehead atoms. The number of nitrogens with zero attached hydrogens (tertiary/aromatic N) is 3. The van der Waals surface area contributed by atoms with Crippen LogP contribution < -0.4 is 0 Å². The summed E-state index contributed by atoms with van der Waals surface area (Å²) in [5, 5.41) is 3.04. The molecular formula is C40H33IrN3O-2. The van der Waals surface area contributed by atoms with E-state index in [2.05, 4.69) is 26.9 Å². The Morgan fingerprint density at radius 3 is 2.36 bits per heavy atom. The minimum absolute atomic E-state index is 0. The number of hydrogen-bond donors (Lipinski definition) is 0. The first kappa shape index (κ1) is 22.8. The SMILES string of the molecule is [2H]C([2H])([2H])c1cnc(-c2[c-]ccc3c2oc2c4ccccc4cc([N+]#[C-])c32)cc1C([2H])([2H])[2H].[2H]C([2H])(c1ccc(-c2[c-]cccc2)nc1)C(C)(C)C.[Ir]. The molecule has 3 aromatic heterocycles. The number of fused-ring (bicyclic) bond motifs is 5. The van der Waals surface area contributed by atoms with Crippen molar-refractivity contribution in [2.24, 2.45) is 5.41 Å². The zero-order valence-electron chi connectivity index (χ0n) is 32.8. The molecule has 7 rings (SSSR count). The number of rotatable bonds is 3. The minimum atomic E-state index is -2.64. The van der Waals surface area contributed by atoms with Crippen LogP contribution in [0.3, 0.4) is 0 Å². The average Bonchev–Trinajstić information content (AvgIpc) is 3.51. The van der Waals surface area contributed by atoms with E-state index in [1.165, 1.54) is 6.07 Å². The fourth-order valence-corrected chi connectivity index (χ4v) is 5.04. The molecule has 0 N–H and O–H groups in total. The number of aryl methyl sites for hydroxylation is 2. The zero-order chi connectivity index (χ0) is 37.6. The van der Waals surface area contributed by atoms with Crippen LogP contribution in [0.25, 0.3) is 60.1 Å². The van der Waals surface area contributed by atoms with Gasteiger partial charge < -0.3 is 14.4 Å². The van der Waals surface area contributed by atoms with Crippen LogP contribution in [0.2, 0.25) is 0 Å². The fraction of sp³-hybridized carbons (Fsp3) is 0.175. The van der Waals surface area contributed by atoms with Crippen LogP contribution in [-0.2, 0) is 26.5 Å². The molecule has 0 aliphatic rings. The molecule has 3 heterocycles. The monoisotopic (exact) mass is 772 g/mol. The van der Waals surface area contributed by atoms with E-state index in [9.17, 15) is 0 Å². The van der Waals surface area contributed by atoms with E-state index >= 15 is 0 Å². The molecule has 0 saturated heterocycles. The standard InChI is InChI=1S/C24H15N2O.C16H18N.Ir/c1-14-11-20(26-13-15(14)2)18-9-6-10-19-22-21(25-3)12-16-7-4-5-8-17(16)24(22)27-23(18)19;1-16(2,3)11-13-9-10-15(17-12-13)14-7-5-4-6-8-14;/h4-8,10-13H,1-2H3;4-7,9-10,12H,11H2,1-3H3;/q2*-1;/i1D3,2D3;11D2;. The minimum Gasteiger partial charge on any atom is -0.501 e. The topological polar surface area (TPSA) is 43.3 Å². The number of hydrogen-bond acceptors (Lipinski definition) is 3. The third kappa shape index (κ3) is 6.74. The summed E-state index contributed by atoms with van der Waals surface area (Å²) in [7, 11) is 0. The van der Waals surface area contributed by atoms with Crippen LogP contribution in [-0.4, -0.2) is 9.97 Å². The summed E-state index contributed by atoms with van der Waals surface area (Å²) < 4.78 is 69.2. The first-order valence-electron chi connectivity index (χ1n) is 18.0. The van der Waals surface area contributed by atoms with Gasteiger partial charge in [-0.1, -0.05) is 79.7 Å². The molecule has 45 heavy (non-hydrogen) atoms. The van der Waals surface area contributed by atoms with Gasteiger partial charge in [-0.05, 0) is 59.5 Å². The van der Waals surface area contributed by atoms with E-state index in [1.54, 1.807) is 18.3 Å². The molecule has 0 unspecified atom stereocenters. The predicted molar refractivity (Wildman–Crippen MR) is 181 cm³/mol. The number of aromatic nitrogens is 2. The number of furan rings is 1. The summed E-state index contributed by atoms with van der Waals surface area (Å²) in [5.74, 6) is 0. The Kier molecular flexibility index (Phi) is 6.68. The average molecular weight is 772 g/mol. The molecular weight excluding hydrogens is 731 g/mol. The number of benzene rings is 4. The second kappa shape index (κ2) is 13.2. The molecule has 0 aliphatic heterocycles. The molecule has 1 radical (unpaired) electrons. The smallest absolute Gasteiger partial charge is 0.197 e. The normalized spacial score (nSPS) is 14.6. The first-order chi connectivity index (χ1) is 24.4. The Morgan fingerprint density at radius 1 is 0.844 bits per heavy atom. The summed E-state index contributed by atoms with van der Waals surface area (Å²) >= 11 is 0. The van der Waals surface area contributed by atoms with Gasteiger partial charge in [0, 0.05) is 54.2 Å². The van der Waals surface area contributed by atoms with Gasteiger partial charge >= 0.3 is 0 Å². The van der Waals surface area contributed by atoms with Crippen molar-refractivity contribution < 1.29 is 35.5 Å². The maximum Gasteiger partial charge on any atom is 0.197 e. The zero-order valence-corrected chi connectivity index (χ0v) is 27.2. The Hall–Kier alpha value is -4.62. The van der Waals surface area contributed by atoms with Crippen molar-refractivity contribution in [1.82, 2.24) is 9.97 Å². The van der Waals surface area contributed by atoms with Gasteiger partial charge in [-0.2, -0.15) is 0 Å². The van der Waals surface area contributed by atoms with Gasteiger partial charge in [-0.25, -0.2) is 4.85 Å². The van der Waals surface area contributed by atoms with Crippen molar-refractivity contribution in [3.63, 3.8) is 0 Å². The van der Waals surface area contributed by atoms with E-state index in [0.29, 0.717) is 38.8 Å². The van der Waals surface area contributed by atoms with E-state index in [4.69, 9.17) is 22.0 Å². The maximum atomic E-state index is 8.21. The third-order valence-corrected chi connectivity index (χ3v) is 6.95. The van der Waals surface area contributed by atoms with E-state index in [1.807, 2.05) is 87.5 Å². The molecule has 0 aliphatic carbocycles. The van der Waals surface area contributed by atoms with Crippen LogP contribution in [0.1, 0.15) is 48.4 Å². The second-order valence-corrected chi connectivity index (χ2v) is 11.3. The summed E-state index contributed by atoms with van der Waals surface area (Å²) in [6, 6.07) is 31.6. The largest absolute Gasteiger partial charge is 0.501 e. The molecule has 7 aromatic rings. The van der Waals surface area contributed by atoms with Crippen molar-refractivity contribution >= 4 is 38.4 Å². The predicted octanol–water partition coefficient (Wildman–Crippen LogP) is 10.9. The Balaban J connectivity index is 0.000000232. The van der Waals surface area contributed by atoms with Gasteiger partial charge in [0.05, 0.1) is 12.2 Å². The van der Waals surface area contributed by atoms with Crippen LogP contribution in [0.4, 0.5) is 5.69 Å². The Labute approximate surface area is 289 Å². The summed E-state index contributed by atoms with van der Waals surface area (Å²) in [4.78, 5) is 12.3. The van der Waals surface area contributed by atoms with E-state index < -0.39 is 25.5 Å². The fourth-order valence-electron chi connectivity index (χ4n) is 5.04. The van der Waals surface area contributed by atoms with Crippen LogP contribution >= 0.6 is 0 Å². The quantitative estimate of drug-likeness (QED) is 0.168. The van der Waals surface area contributed by atoms with Gasteiger partial charge in [0.25, 0.3) is 0 Å². The molecule has 225 valence electrons. The summed E-state index contributed by atoms with van der Waals surface area (Å²) in [6.45, 7) is 8.08. The van der Waals surface area contributed by atoms with Crippen molar-refractivity contribution in [3.05, 3.63) is 138 Å². The van der Waals surface area contributed by atoms with Crippen molar-refractivity contribution in [1.29, 1.82) is 0 Å². The van der Waals surface area contributed by atoms with Crippen LogP contribution in [0.15, 0.2) is 102 Å². The molecule has 4 nitrogen and oxygen atoms in total. The maximum absolute atomic E-state index is 8.21. The number of pyridine rings is 2. The third-order valence-electron chi connectivity index (χ3n) is 6.95. The van der Waals surface area contributed by atoms with Crippen molar-refractivity contribution in [2.45, 2.75) is 40.8 Å². The molecule has 4 aromatic carbocycles. The molecule has 0 amide bonds. The molecule has 0 saturated carbocycles. The summed E-state index contributed by atoms with van der Waals surface area (Å²) in [6.07, 6.45) is 1.31. The van der Waals surface area contributed by atoms with Gasteiger partial charge in [-0.3, -0.25) is 0 Å². The van der Waals surface area contributed by atoms with Gasteiger partial charge in [-0.15, -0.1) is 54.1 Å². The van der Waals surface area contributed by atoms with Crippen molar-refractivity contribution in [3.8, 4) is 22.5 Å². The first-order valence-corrected chi connectivity index (χ1v) is 14.0. The van der Waals surface area contributed by atoms with Crippen LogP contribution in [0.5, 0.6) is 0 Å². The Bertz CT molecular complexity index is 2460. The van der Waals surface area contributed by atoms with Gasteiger partial charge in [0.15, 0.2) is 5.69 Å². The van der Waals surface area contributed by atoms with E-state index in [-0.39, 0.29) is 36.9 Å². The van der Waals surface area contributed by atoms with Gasteiger partial charge in [0.1, 0.15) is 5.58 Å². The Morgan fingerprint density at radius 2 is 1.64 bits per heavy atom. The summed E-state index contributed by atoms with van der Waals surface area (Å²) in [5.41, 5.74) is 3.29. The molecule has 0 spiro atoms. The van der Waals surface area contributed by atoms with Gasteiger partial charge in [0.2, 0.25) is 0 Å². The van der Waals surface area contributed by atoms with E-state index in [0.717, 1.165) is 28.2 Å². The molecule has 5 heteroatoms. The van der Waals surface area contributed by atoms with Crippen LogP contribution in [0, 0.1) is 37.8 Å². The van der Waals surface area contributed by atoms with Crippen molar-refractivity contribution in [2.75, 3.05) is 0 Å². The molecule has 0 fully saturated rings. The molecule has 0 atom stereocenters. The second-order valence-electron chi connectivity index (χ2n) is 11.3.